The van der Waals surface area contributed by atoms with Gasteiger partial charge in [0.1, 0.15) is 6.04 Å². The topological polar surface area (TPSA) is 49.3 Å². The van der Waals surface area contributed by atoms with E-state index in [9.17, 15) is 4.79 Å². The highest BCUT2D eigenvalue weighted by Crippen LogP contribution is 2.32. The van der Waals surface area contributed by atoms with Gasteiger partial charge in [-0.25, -0.2) is 0 Å². The van der Waals surface area contributed by atoms with Crippen LogP contribution in [-0.4, -0.2) is 23.7 Å². The summed E-state index contributed by atoms with van der Waals surface area (Å²) < 4.78 is 0. The molecule has 3 nitrogen and oxygen atoms in total. The molecule has 1 atom stereocenters. The lowest BCUT2D eigenvalue weighted by atomic mass is 10.1. The Hall–Kier alpha value is -0.830. The maximum Gasteiger partial charge on any atom is 0.320 e. The monoisotopic (exact) mass is 183 g/mol. The predicted molar refractivity (Wildman–Crippen MR) is 51.6 cm³/mol. The van der Waals surface area contributed by atoms with Gasteiger partial charge in [-0.05, 0) is 38.6 Å². The van der Waals surface area contributed by atoms with E-state index in [1.807, 2.05) is 6.92 Å². The summed E-state index contributed by atoms with van der Waals surface area (Å²) in [7, 11) is 0. The van der Waals surface area contributed by atoms with Crippen molar-refractivity contribution < 1.29 is 9.90 Å². The predicted octanol–water partition coefficient (Wildman–Crippen LogP) is 1.41. The third kappa shape index (κ3) is 3.59. The van der Waals surface area contributed by atoms with Crippen molar-refractivity contribution in [2.24, 2.45) is 5.92 Å². The molecule has 0 radical (unpaired) electrons. The number of rotatable bonds is 6. The van der Waals surface area contributed by atoms with Crippen molar-refractivity contribution in [3.8, 4) is 0 Å². The Bertz CT molecular complexity index is 209. The van der Waals surface area contributed by atoms with E-state index in [1.165, 1.54) is 0 Å². The maximum absolute atomic E-state index is 10.8. The van der Waals surface area contributed by atoms with E-state index in [0.717, 1.165) is 31.4 Å². The molecule has 2 N–H and O–H groups in total. The molecule has 0 aliphatic heterocycles. The lowest BCUT2D eigenvalue weighted by molar-refractivity contribution is -0.140. The molecule has 3 heteroatoms. The van der Waals surface area contributed by atoms with Crippen LogP contribution in [0.3, 0.4) is 0 Å². The van der Waals surface area contributed by atoms with Crippen molar-refractivity contribution in [2.75, 3.05) is 6.54 Å². The number of carboxylic acid groups (broad SMARTS) is 1. The number of aliphatic carboxylic acids is 1. The first kappa shape index (κ1) is 10.3. The molecular weight excluding hydrogens is 166 g/mol. The summed E-state index contributed by atoms with van der Waals surface area (Å²) in [6.45, 7) is 6.45. The summed E-state index contributed by atoms with van der Waals surface area (Å²) in [4.78, 5) is 10.8. The van der Waals surface area contributed by atoms with Crippen LogP contribution in [0.1, 0.15) is 26.2 Å². The highest BCUT2D eigenvalue weighted by molar-refractivity contribution is 5.74. The fourth-order valence-electron chi connectivity index (χ4n) is 1.33. The lowest BCUT2D eigenvalue weighted by Crippen LogP contribution is -2.39. The first-order valence-corrected chi connectivity index (χ1v) is 4.72. The standard InChI is InChI=1S/C10H17NO2/c1-7(2)5-6-11-9(10(12)13)8-3-4-8/h8-9,11H,1,3-6H2,2H3,(H,12,13). The molecule has 0 amide bonds. The van der Waals surface area contributed by atoms with Gasteiger partial charge in [-0.15, -0.1) is 6.58 Å². The molecule has 1 unspecified atom stereocenters. The van der Waals surface area contributed by atoms with Crippen molar-refractivity contribution in [2.45, 2.75) is 32.2 Å². The minimum absolute atomic E-state index is 0.334. The Morgan fingerprint density at radius 3 is 2.69 bits per heavy atom. The number of nitrogens with one attached hydrogen (secondary N) is 1. The molecule has 74 valence electrons. The zero-order chi connectivity index (χ0) is 9.84. The lowest BCUT2D eigenvalue weighted by Gasteiger charge is -2.12. The Labute approximate surface area is 78.8 Å². The van der Waals surface area contributed by atoms with Gasteiger partial charge in [-0.1, -0.05) is 5.57 Å². The summed E-state index contributed by atoms with van der Waals surface area (Å²) in [5.74, 6) is -0.355. The number of carboxylic acids is 1. The third-order valence-electron chi connectivity index (χ3n) is 2.28. The minimum Gasteiger partial charge on any atom is -0.480 e. The van der Waals surface area contributed by atoms with Gasteiger partial charge in [-0.3, -0.25) is 4.79 Å². The second-order valence-electron chi connectivity index (χ2n) is 3.81. The van der Waals surface area contributed by atoms with Crippen LogP contribution in [0.4, 0.5) is 0 Å². The molecule has 0 saturated heterocycles. The fourth-order valence-corrected chi connectivity index (χ4v) is 1.33. The molecule has 0 aromatic heterocycles. The molecule has 1 fully saturated rings. The third-order valence-corrected chi connectivity index (χ3v) is 2.28. The van der Waals surface area contributed by atoms with Crippen LogP contribution in [0.2, 0.25) is 0 Å². The van der Waals surface area contributed by atoms with Crippen molar-refractivity contribution in [3.05, 3.63) is 12.2 Å². The Morgan fingerprint density at radius 1 is 1.69 bits per heavy atom. The number of carbonyl (C=O) groups is 1. The van der Waals surface area contributed by atoms with E-state index in [1.54, 1.807) is 0 Å². The average Bonchev–Trinajstić information content (AvgIpc) is 2.79. The SMILES string of the molecule is C=C(C)CCNC(C(=O)O)C1CC1. The average molecular weight is 183 g/mol. The summed E-state index contributed by atoms with van der Waals surface area (Å²) in [6, 6.07) is -0.334. The smallest absolute Gasteiger partial charge is 0.320 e. The molecule has 13 heavy (non-hydrogen) atoms. The zero-order valence-corrected chi connectivity index (χ0v) is 8.05. The second-order valence-corrected chi connectivity index (χ2v) is 3.81. The van der Waals surface area contributed by atoms with Crippen LogP contribution in [-0.2, 0) is 4.79 Å². The van der Waals surface area contributed by atoms with E-state index in [2.05, 4.69) is 11.9 Å². The largest absolute Gasteiger partial charge is 0.480 e. The first-order valence-electron chi connectivity index (χ1n) is 4.72. The van der Waals surface area contributed by atoms with Crippen LogP contribution in [0.15, 0.2) is 12.2 Å². The van der Waals surface area contributed by atoms with Crippen molar-refractivity contribution in [1.82, 2.24) is 5.32 Å². The molecule has 0 aromatic rings. The van der Waals surface area contributed by atoms with Gasteiger partial charge in [0.15, 0.2) is 0 Å². The van der Waals surface area contributed by atoms with Crippen LogP contribution >= 0.6 is 0 Å². The van der Waals surface area contributed by atoms with Gasteiger partial charge in [0.05, 0.1) is 0 Å². The van der Waals surface area contributed by atoms with Crippen molar-refractivity contribution >= 4 is 5.97 Å². The first-order chi connectivity index (χ1) is 6.11. The van der Waals surface area contributed by atoms with E-state index in [-0.39, 0.29) is 6.04 Å². The fraction of sp³-hybridized carbons (Fsp3) is 0.700. The second kappa shape index (κ2) is 4.42. The van der Waals surface area contributed by atoms with Crippen LogP contribution in [0.25, 0.3) is 0 Å². The molecule has 1 aliphatic rings. The zero-order valence-electron chi connectivity index (χ0n) is 8.05. The summed E-state index contributed by atoms with van der Waals surface area (Å²) in [5, 5.41) is 11.9. The van der Waals surface area contributed by atoms with Crippen molar-refractivity contribution in [3.63, 3.8) is 0 Å². The molecule has 1 aliphatic carbocycles. The Kier molecular flexibility index (Phi) is 3.48. The molecule has 0 bridgehead atoms. The van der Waals surface area contributed by atoms with Crippen molar-refractivity contribution in [1.29, 1.82) is 0 Å². The minimum atomic E-state index is -0.718. The number of hydrogen-bond acceptors (Lipinski definition) is 2. The van der Waals surface area contributed by atoms with Gasteiger partial charge in [0, 0.05) is 0 Å². The van der Waals surface area contributed by atoms with Gasteiger partial charge >= 0.3 is 5.97 Å². The van der Waals surface area contributed by atoms with E-state index in [4.69, 9.17) is 5.11 Å². The van der Waals surface area contributed by atoms with Gasteiger partial charge in [-0.2, -0.15) is 0 Å². The van der Waals surface area contributed by atoms with Crippen LogP contribution in [0.5, 0.6) is 0 Å². The highest BCUT2D eigenvalue weighted by Gasteiger charge is 2.35. The van der Waals surface area contributed by atoms with E-state index >= 15 is 0 Å². The van der Waals surface area contributed by atoms with E-state index < -0.39 is 5.97 Å². The molecule has 1 saturated carbocycles. The van der Waals surface area contributed by atoms with E-state index in [0.29, 0.717) is 5.92 Å². The van der Waals surface area contributed by atoms with Crippen LogP contribution < -0.4 is 5.32 Å². The quantitative estimate of drug-likeness (QED) is 0.612. The maximum atomic E-state index is 10.8. The molecule has 0 heterocycles. The van der Waals surface area contributed by atoms with Gasteiger partial charge < -0.3 is 10.4 Å². The van der Waals surface area contributed by atoms with Gasteiger partial charge in [0.2, 0.25) is 0 Å². The molecule has 1 rings (SSSR count). The normalized spacial score (nSPS) is 18.2. The summed E-state index contributed by atoms with van der Waals surface area (Å²) in [5.41, 5.74) is 1.09. The molecule has 0 spiro atoms. The van der Waals surface area contributed by atoms with Crippen LogP contribution in [0, 0.1) is 5.92 Å². The highest BCUT2D eigenvalue weighted by atomic mass is 16.4. The molecule has 0 aromatic carbocycles. The molecular formula is C10H17NO2. The summed E-state index contributed by atoms with van der Waals surface area (Å²) in [6.07, 6.45) is 2.96. The Morgan fingerprint density at radius 2 is 2.31 bits per heavy atom. The van der Waals surface area contributed by atoms with Gasteiger partial charge in [0.25, 0.3) is 0 Å². The summed E-state index contributed by atoms with van der Waals surface area (Å²) >= 11 is 0. The Balaban J connectivity index is 2.22. The number of hydrogen-bond donors (Lipinski definition) is 2.